The van der Waals surface area contributed by atoms with Crippen LogP contribution in [0.15, 0.2) is 6.20 Å². The van der Waals surface area contributed by atoms with E-state index in [1.165, 1.54) is 7.11 Å². The summed E-state index contributed by atoms with van der Waals surface area (Å²) in [6, 6.07) is -1.02. The van der Waals surface area contributed by atoms with E-state index in [1.54, 1.807) is 54.7 Å². The molecule has 1 aromatic rings. The van der Waals surface area contributed by atoms with Gasteiger partial charge in [-0.2, -0.15) is 0 Å². The third-order valence-electron chi connectivity index (χ3n) is 3.57. The third kappa shape index (κ3) is 7.34. The molecule has 8 nitrogen and oxygen atoms in total. The standard InChI is InChI=1S/C20H32N2O6/c1-12-16(26-8)14(11-23)13(10-21-12)9-15(17(24)27-19(2,3)4)22-18(25)28-20(5,6)7/h10,15,23H,9,11H2,1-8H3,(H,22,25)/t15-/m0/s1. The van der Waals surface area contributed by atoms with E-state index in [-0.39, 0.29) is 13.0 Å². The zero-order valence-electron chi connectivity index (χ0n) is 18.0. The quantitative estimate of drug-likeness (QED) is 0.712. The smallest absolute Gasteiger partial charge is 0.408 e. The molecule has 0 radical (unpaired) electrons. The fraction of sp³-hybridized carbons (Fsp3) is 0.650. The lowest BCUT2D eigenvalue weighted by Gasteiger charge is -2.26. The second kappa shape index (κ2) is 9.23. The Labute approximate surface area is 166 Å². The van der Waals surface area contributed by atoms with Crippen molar-refractivity contribution in [3.05, 3.63) is 23.0 Å². The summed E-state index contributed by atoms with van der Waals surface area (Å²) in [4.78, 5) is 29.2. The van der Waals surface area contributed by atoms with Crippen molar-refractivity contribution in [3.63, 3.8) is 0 Å². The van der Waals surface area contributed by atoms with Gasteiger partial charge in [0.05, 0.1) is 19.4 Å². The maximum absolute atomic E-state index is 12.7. The maximum atomic E-state index is 12.7. The molecule has 1 atom stereocenters. The number of nitrogens with zero attached hydrogens (tertiary/aromatic N) is 1. The van der Waals surface area contributed by atoms with Crippen LogP contribution in [-0.4, -0.2) is 46.5 Å². The van der Waals surface area contributed by atoms with Crippen molar-refractivity contribution in [2.24, 2.45) is 0 Å². The fourth-order valence-electron chi connectivity index (χ4n) is 2.53. The SMILES string of the molecule is COc1c(C)ncc(C[C@H](NC(=O)OC(C)(C)C)C(=O)OC(C)(C)C)c1CO. The average molecular weight is 396 g/mol. The van der Waals surface area contributed by atoms with Gasteiger partial charge in [-0.15, -0.1) is 0 Å². The first-order valence-electron chi connectivity index (χ1n) is 9.12. The number of ether oxygens (including phenoxy) is 3. The molecular formula is C20H32N2O6. The Kier molecular flexibility index (Phi) is 7.81. The highest BCUT2D eigenvalue weighted by molar-refractivity contribution is 5.82. The molecule has 0 aliphatic carbocycles. The molecule has 0 unspecified atom stereocenters. The number of pyridine rings is 1. The van der Waals surface area contributed by atoms with Crippen molar-refractivity contribution >= 4 is 12.1 Å². The first-order valence-corrected chi connectivity index (χ1v) is 9.12. The van der Waals surface area contributed by atoms with E-state index >= 15 is 0 Å². The fourth-order valence-corrected chi connectivity index (χ4v) is 2.53. The average Bonchev–Trinajstić information content (AvgIpc) is 2.51. The Hall–Kier alpha value is -2.35. The molecule has 8 heteroatoms. The summed E-state index contributed by atoms with van der Waals surface area (Å²) in [6.07, 6.45) is 0.881. The topological polar surface area (TPSA) is 107 Å². The Morgan fingerprint density at radius 1 is 1.14 bits per heavy atom. The number of hydrogen-bond acceptors (Lipinski definition) is 7. The van der Waals surface area contributed by atoms with Gasteiger partial charge in [0.1, 0.15) is 23.0 Å². The van der Waals surface area contributed by atoms with E-state index < -0.39 is 29.3 Å². The predicted octanol–water partition coefficient (Wildman–Crippen LogP) is 2.67. The monoisotopic (exact) mass is 396 g/mol. The number of carbonyl (C=O) groups is 2. The van der Waals surface area contributed by atoms with Gasteiger partial charge < -0.3 is 24.6 Å². The molecular weight excluding hydrogens is 364 g/mol. The summed E-state index contributed by atoms with van der Waals surface area (Å²) in [6.45, 7) is 11.9. The predicted molar refractivity (Wildman–Crippen MR) is 104 cm³/mol. The van der Waals surface area contributed by atoms with Gasteiger partial charge in [-0.05, 0) is 54.0 Å². The van der Waals surface area contributed by atoms with Crippen LogP contribution >= 0.6 is 0 Å². The number of hydrogen-bond donors (Lipinski definition) is 2. The van der Waals surface area contributed by atoms with Gasteiger partial charge in [-0.25, -0.2) is 9.59 Å². The Morgan fingerprint density at radius 3 is 2.18 bits per heavy atom. The van der Waals surface area contributed by atoms with Crippen LogP contribution in [0.1, 0.15) is 58.4 Å². The van der Waals surface area contributed by atoms with Crippen molar-refractivity contribution in [1.82, 2.24) is 10.3 Å². The summed E-state index contributed by atoms with van der Waals surface area (Å²) < 4.78 is 16.0. The van der Waals surface area contributed by atoms with Crippen LogP contribution in [0, 0.1) is 6.92 Å². The lowest BCUT2D eigenvalue weighted by molar-refractivity contribution is -0.157. The number of amides is 1. The molecule has 0 bridgehead atoms. The minimum absolute atomic E-state index is 0.0632. The van der Waals surface area contributed by atoms with Crippen LogP contribution in [0.25, 0.3) is 0 Å². The number of alkyl carbamates (subject to hydrolysis) is 1. The lowest BCUT2D eigenvalue weighted by atomic mass is 10.0. The zero-order valence-corrected chi connectivity index (χ0v) is 18.0. The number of aromatic nitrogens is 1. The molecule has 0 saturated heterocycles. The summed E-state index contributed by atoms with van der Waals surface area (Å²) in [7, 11) is 1.48. The molecule has 1 rings (SSSR count). The number of esters is 1. The van der Waals surface area contributed by atoms with Crippen molar-refractivity contribution in [2.75, 3.05) is 7.11 Å². The number of carbonyl (C=O) groups excluding carboxylic acids is 2. The number of rotatable bonds is 6. The normalized spacial score (nSPS) is 12.9. The highest BCUT2D eigenvalue weighted by atomic mass is 16.6. The largest absolute Gasteiger partial charge is 0.494 e. The maximum Gasteiger partial charge on any atom is 0.408 e. The summed E-state index contributed by atoms with van der Waals surface area (Å²) >= 11 is 0. The van der Waals surface area contributed by atoms with E-state index in [9.17, 15) is 14.7 Å². The molecule has 1 heterocycles. The van der Waals surface area contributed by atoms with Crippen molar-refractivity contribution in [3.8, 4) is 5.75 Å². The molecule has 2 N–H and O–H groups in total. The molecule has 0 fully saturated rings. The van der Waals surface area contributed by atoms with E-state index in [2.05, 4.69) is 10.3 Å². The van der Waals surface area contributed by atoms with E-state index in [0.29, 0.717) is 22.6 Å². The highest BCUT2D eigenvalue weighted by Gasteiger charge is 2.30. The van der Waals surface area contributed by atoms with Crippen LogP contribution in [-0.2, 0) is 27.3 Å². The Morgan fingerprint density at radius 2 is 1.71 bits per heavy atom. The van der Waals surface area contributed by atoms with E-state index in [4.69, 9.17) is 14.2 Å². The molecule has 158 valence electrons. The van der Waals surface area contributed by atoms with Gasteiger partial charge in [0, 0.05) is 18.2 Å². The van der Waals surface area contributed by atoms with Crippen LogP contribution in [0.4, 0.5) is 4.79 Å². The van der Waals surface area contributed by atoms with Crippen LogP contribution < -0.4 is 10.1 Å². The van der Waals surface area contributed by atoms with Crippen molar-refractivity contribution in [1.29, 1.82) is 0 Å². The minimum atomic E-state index is -1.02. The Balaban J connectivity index is 3.19. The van der Waals surface area contributed by atoms with Gasteiger partial charge >= 0.3 is 12.1 Å². The van der Waals surface area contributed by atoms with Crippen molar-refractivity contribution < 1.29 is 28.9 Å². The van der Waals surface area contributed by atoms with Crippen molar-refractivity contribution in [2.45, 2.75) is 78.7 Å². The second-order valence-corrected chi connectivity index (χ2v) is 8.48. The Bertz CT molecular complexity index is 704. The number of methoxy groups -OCH3 is 1. The number of aryl methyl sites for hydroxylation is 1. The number of aliphatic hydroxyl groups excluding tert-OH is 1. The molecule has 0 saturated carbocycles. The van der Waals surface area contributed by atoms with Crippen LogP contribution in [0.3, 0.4) is 0 Å². The molecule has 1 amide bonds. The molecule has 0 aliphatic rings. The second-order valence-electron chi connectivity index (χ2n) is 8.48. The first kappa shape index (κ1) is 23.7. The van der Waals surface area contributed by atoms with Gasteiger partial charge in [-0.3, -0.25) is 4.98 Å². The molecule has 0 aliphatic heterocycles. The highest BCUT2D eigenvalue weighted by Crippen LogP contribution is 2.26. The van der Waals surface area contributed by atoms with Crippen LogP contribution in [0.2, 0.25) is 0 Å². The van der Waals surface area contributed by atoms with E-state index in [1.807, 2.05) is 0 Å². The third-order valence-corrected chi connectivity index (χ3v) is 3.57. The van der Waals surface area contributed by atoms with Crippen LogP contribution in [0.5, 0.6) is 5.75 Å². The van der Waals surface area contributed by atoms with Gasteiger partial charge in [-0.1, -0.05) is 0 Å². The van der Waals surface area contributed by atoms with Gasteiger partial charge in [0.2, 0.25) is 0 Å². The van der Waals surface area contributed by atoms with Gasteiger partial charge in [0.25, 0.3) is 0 Å². The van der Waals surface area contributed by atoms with Gasteiger partial charge in [0.15, 0.2) is 0 Å². The summed E-state index contributed by atoms with van der Waals surface area (Å²) in [5, 5.41) is 12.4. The summed E-state index contributed by atoms with van der Waals surface area (Å²) in [5.74, 6) is -0.165. The zero-order chi connectivity index (χ0) is 21.7. The first-order chi connectivity index (χ1) is 12.8. The van der Waals surface area contributed by atoms with E-state index in [0.717, 1.165) is 0 Å². The minimum Gasteiger partial charge on any atom is -0.494 e. The number of aliphatic hydroxyl groups is 1. The molecule has 1 aromatic heterocycles. The molecule has 0 aromatic carbocycles. The summed E-state index contributed by atoms with van der Waals surface area (Å²) in [5.41, 5.74) is 0.247. The molecule has 0 spiro atoms. The molecule has 28 heavy (non-hydrogen) atoms. The number of nitrogens with one attached hydrogen (secondary N) is 1. The lowest BCUT2D eigenvalue weighted by Crippen LogP contribution is -2.47.